The van der Waals surface area contributed by atoms with E-state index in [0.29, 0.717) is 5.92 Å². The van der Waals surface area contributed by atoms with Gasteiger partial charge in [0.25, 0.3) is 0 Å². The van der Waals surface area contributed by atoms with Crippen molar-refractivity contribution in [2.75, 3.05) is 11.9 Å². The number of rotatable bonds is 3. The smallest absolute Gasteiger partial charge is 0.0722 e. The van der Waals surface area contributed by atoms with E-state index >= 15 is 0 Å². The fourth-order valence-electron chi connectivity index (χ4n) is 7.13. The number of anilines is 1. The van der Waals surface area contributed by atoms with E-state index in [4.69, 9.17) is 0 Å². The summed E-state index contributed by atoms with van der Waals surface area (Å²) in [6.07, 6.45) is 6.13. The van der Waals surface area contributed by atoms with Gasteiger partial charge in [-0.25, -0.2) is 0 Å². The number of fused-ring (bicyclic) bond motifs is 11. The number of nitrogens with one attached hydrogen (secondary N) is 1. The van der Waals surface area contributed by atoms with E-state index in [-0.39, 0.29) is 5.41 Å². The average Bonchev–Trinajstić information content (AvgIpc) is 3.43. The zero-order valence-electron chi connectivity index (χ0n) is 20.6. The van der Waals surface area contributed by atoms with Crippen molar-refractivity contribution in [2.45, 2.75) is 11.8 Å². The van der Waals surface area contributed by atoms with Crippen LogP contribution < -0.4 is 5.32 Å². The molecule has 0 saturated heterocycles. The molecule has 176 valence electrons. The van der Waals surface area contributed by atoms with Gasteiger partial charge in [-0.05, 0) is 68.3 Å². The van der Waals surface area contributed by atoms with E-state index in [1.165, 1.54) is 61.0 Å². The minimum atomic E-state index is -0.219. The van der Waals surface area contributed by atoms with E-state index < -0.39 is 0 Å². The van der Waals surface area contributed by atoms with Crippen LogP contribution in [0.25, 0.3) is 27.5 Å². The molecular formula is C36H27N. The van der Waals surface area contributed by atoms with Gasteiger partial charge in [0.2, 0.25) is 0 Å². The lowest BCUT2D eigenvalue weighted by molar-refractivity contribution is 0.678. The van der Waals surface area contributed by atoms with Gasteiger partial charge in [-0.15, -0.1) is 0 Å². The Kier molecular flexibility index (Phi) is 4.39. The van der Waals surface area contributed by atoms with Crippen molar-refractivity contribution in [3.8, 4) is 11.1 Å². The molecule has 0 amide bonds. The highest BCUT2D eigenvalue weighted by Gasteiger charge is 2.53. The minimum absolute atomic E-state index is 0.219. The lowest BCUT2D eigenvalue weighted by Crippen LogP contribution is -2.27. The third-order valence-corrected chi connectivity index (χ3v) is 8.64. The molecule has 1 unspecified atom stereocenters. The van der Waals surface area contributed by atoms with E-state index in [2.05, 4.69) is 133 Å². The standard InChI is InChI=1S/C36H27N/c1-2-12-26-25(10-1)11-9-19-35(26)37-23-24-20-21-34-30(22-24)29-15-5-8-18-33(29)36(34)31-16-6-3-13-27(31)28-14-4-7-17-32(28)36/h1-19,21-22,24,37H,20,23H2. The van der Waals surface area contributed by atoms with Gasteiger partial charge in [-0.1, -0.05) is 121 Å². The molecule has 37 heavy (non-hydrogen) atoms. The van der Waals surface area contributed by atoms with Crippen molar-refractivity contribution in [1.29, 1.82) is 0 Å². The molecule has 0 aromatic heterocycles. The number of hydrogen-bond donors (Lipinski definition) is 1. The summed E-state index contributed by atoms with van der Waals surface area (Å²) >= 11 is 0. The average molecular weight is 474 g/mol. The van der Waals surface area contributed by atoms with Gasteiger partial charge in [0, 0.05) is 17.6 Å². The van der Waals surface area contributed by atoms with Crippen molar-refractivity contribution >= 4 is 22.0 Å². The fourth-order valence-corrected chi connectivity index (χ4v) is 7.13. The largest absolute Gasteiger partial charge is 0.384 e. The molecule has 1 N–H and O–H groups in total. The molecule has 8 rings (SSSR count). The van der Waals surface area contributed by atoms with Crippen LogP contribution in [0.4, 0.5) is 5.69 Å². The summed E-state index contributed by atoms with van der Waals surface area (Å²) in [6, 6.07) is 42.3. The molecule has 3 aliphatic carbocycles. The van der Waals surface area contributed by atoms with Crippen LogP contribution in [-0.2, 0) is 5.41 Å². The third-order valence-electron chi connectivity index (χ3n) is 8.64. The topological polar surface area (TPSA) is 12.0 Å². The van der Waals surface area contributed by atoms with Crippen molar-refractivity contribution in [2.24, 2.45) is 5.92 Å². The van der Waals surface area contributed by atoms with Crippen molar-refractivity contribution in [3.63, 3.8) is 0 Å². The molecule has 0 bridgehead atoms. The third kappa shape index (κ3) is 2.80. The lowest BCUT2D eigenvalue weighted by Gasteiger charge is -2.32. The van der Waals surface area contributed by atoms with E-state index in [0.717, 1.165) is 13.0 Å². The maximum absolute atomic E-state index is 3.78. The predicted octanol–water partition coefficient (Wildman–Crippen LogP) is 8.61. The summed E-state index contributed by atoms with van der Waals surface area (Å²) in [5.41, 5.74) is 12.3. The van der Waals surface area contributed by atoms with Crippen LogP contribution in [-0.4, -0.2) is 6.54 Å². The number of allylic oxidation sites excluding steroid dienone is 3. The molecular weight excluding hydrogens is 446 g/mol. The van der Waals surface area contributed by atoms with Crippen LogP contribution >= 0.6 is 0 Å². The van der Waals surface area contributed by atoms with Gasteiger partial charge in [0.05, 0.1) is 5.41 Å². The normalized spacial score (nSPS) is 18.0. The molecule has 3 aliphatic rings. The van der Waals surface area contributed by atoms with Crippen LogP contribution in [0.1, 0.15) is 28.7 Å². The number of benzene rings is 5. The Labute approximate surface area is 217 Å². The molecule has 1 spiro atoms. The summed E-state index contributed by atoms with van der Waals surface area (Å²) in [5.74, 6) is 0.438. The highest BCUT2D eigenvalue weighted by molar-refractivity contribution is 6.00. The second kappa shape index (κ2) is 7.82. The summed E-state index contributed by atoms with van der Waals surface area (Å²) in [6.45, 7) is 0.920. The maximum Gasteiger partial charge on any atom is 0.0722 e. The molecule has 0 aliphatic heterocycles. The molecule has 1 heteroatoms. The zero-order valence-corrected chi connectivity index (χ0v) is 20.6. The lowest BCUT2D eigenvalue weighted by atomic mass is 9.69. The Morgan fingerprint density at radius 3 is 1.97 bits per heavy atom. The zero-order chi connectivity index (χ0) is 24.4. The fraction of sp³-hybridized carbons (Fsp3) is 0.111. The quantitative estimate of drug-likeness (QED) is 0.277. The van der Waals surface area contributed by atoms with E-state index in [1.807, 2.05) is 0 Å². The Bertz CT molecular complexity index is 1720. The van der Waals surface area contributed by atoms with Crippen molar-refractivity contribution in [1.82, 2.24) is 0 Å². The first-order valence-electron chi connectivity index (χ1n) is 13.3. The van der Waals surface area contributed by atoms with Gasteiger partial charge in [0.15, 0.2) is 0 Å². The Morgan fingerprint density at radius 2 is 1.22 bits per heavy atom. The monoisotopic (exact) mass is 473 g/mol. The molecule has 5 aromatic rings. The molecule has 0 radical (unpaired) electrons. The highest BCUT2D eigenvalue weighted by Crippen LogP contribution is 2.64. The van der Waals surface area contributed by atoms with Gasteiger partial charge in [-0.3, -0.25) is 0 Å². The van der Waals surface area contributed by atoms with Crippen LogP contribution in [0.15, 0.2) is 133 Å². The van der Waals surface area contributed by atoms with Gasteiger partial charge < -0.3 is 5.32 Å². The molecule has 1 atom stereocenters. The van der Waals surface area contributed by atoms with Gasteiger partial charge in [0.1, 0.15) is 0 Å². The molecule has 0 saturated carbocycles. The second-order valence-corrected chi connectivity index (χ2v) is 10.5. The highest BCUT2D eigenvalue weighted by atomic mass is 14.9. The molecule has 0 heterocycles. The summed E-state index contributed by atoms with van der Waals surface area (Å²) in [5, 5.41) is 6.35. The second-order valence-electron chi connectivity index (χ2n) is 10.5. The van der Waals surface area contributed by atoms with Crippen molar-refractivity contribution < 1.29 is 0 Å². The first-order chi connectivity index (χ1) is 18.4. The SMILES string of the molecule is C1=C2C(=CCC1CNc1cccc3ccccc13)C1(c3ccccc32)c2ccccc2-c2ccccc21. The molecule has 5 aromatic carbocycles. The van der Waals surface area contributed by atoms with Crippen LogP contribution in [0.2, 0.25) is 0 Å². The predicted molar refractivity (Wildman–Crippen MR) is 155 cm³/mol. The number of hydrogen-bond acceptors (Lipinski definition) is 1. The Balaban J connectivity index is 1.23. The van der Waals surface area contributed by atoms with E-state index in [1.54, 1.807) is 0 Å². The van der Waals surface area contributed by atoms with Gasteiger partial charge >= 0.3 is 0 Å². The molecule has 1 nitrogen and oxygen atoms in total. The first-order valence-corrected chi connectivity index (χ1v) is 13.3. The summed E-state index contributed by atoms with van der Waals surface area (Å²) in [7, 11) is 0. The summed E-state index contributed by atoms with van der Waals surface area (Å²) < 4.78 is 0. The van der Waals surface area contributed by atoms with Crippen LogP contribution in [0.5, 0.6) is 0 Å². The van der Waals surface area contributed by atoms with Crippen LogP contribution in [0, 0.1) is 5.92 Å². The van der Waals surface area contributed by atoms with Crippen molar-refractivity contribution in [3.05, 3.63) is 155 Å². The van der Waals surface area contributed by atoms with Gasteiger partial charge in [-0.2, -0.15) is 0 Å². The Morgan fingerprint density at radius 1 is 0.622 bits per heavy atom. The first kappa shape index (κ1) is 20.8. The Hall–Kier alpha value is -4.36. The van der Waals surface area contributed by atoms with E-state index in [9.17, 15) is 0 Å². The summed E-state index contributed by atoms with van der Waals surface area (Å²) in [4.78, 5) is 0. The maximum atomic E-state index is 3.78. The minimum Gasteiger partial charge on any atom is -0.384 e. The molecule has 0 fully saturated rings. The van der Waals surface area contributed by atoms with Crippen LogP contribution in [0.3, 0.4) is 0 Å².